The molecular formula is C14H19ClN2O3. The molecule has 1 aromatic carbocycles. The fourth-order valence-electron chi connectivity index (χ4n) is 1.78. The third-order valence-electron chi connectivity index (χ3n) is 3.06. The summed E-state index contributed by atoms with van der Waals surface area (Å²) in [6.45, 7) is 2.71. The van der Waals surface area contributed by atoms with Crippen molar-refractivity contribution in [1.29, 1.82) is 0 Å². The Labute approximate surface area is 123 Å². The highest BCUT2D eigenvalue weighted by Crippen LogP contribution is 2.23. The molecule has 0 saturated carbocycles. The molecule has 1 amide bonds. The Hall–Kier alpha value is -1.75. The van der Waals surface area contributed by atoms with Crippen molar-refractivity contribution in [1.82, 2.24) is 0 Å². The summed E-state index contributed by atoms with van der Waals surface area (Å²) in [5.41, 5.74) is 6.27. The average Bonchev–Trinajstić information content (AvgIpc) is 2.38. The number of benzene rings is 1. The van der Waals surface area contributed by atoms with E-state index in [1.165, 1.54) is 6.07 Å². The van der Waals surface area contributed by atoms with E-state index >= 15 is 0 Å². The van der Waals surface area contributed by atoms with E-state index in [0.29, 0.717) is 29.5 Å². The number of aliphatic carboxylic acids is 1. The van der Waals surface area contributed by atoms with Crippen LogP contribution in [0.1, 0.15) is 36.5 Å². The third-order valence-corrected chi connectivity index (χ3v) is 3.37. The normalized spacial score (nSPS) is 11.9. The van der Waals surface area contributed by atoms with Crippen LogP contribution in [0.2, 0.25) is 5.02 Å². The van der Waals surface area contributed by atoms with Gasteiger partial charge in [-0.1, -0.05) is 18.5 Å². The Morgan fingerprint density at radius 3 is 2.65 bits per heavy atom. The molecule has 20 heavy (non-hydrogen) atoms. The number of carboxylic acid groups (broad SMARTS) is 1. The maximum absolute atomic E-state index is 11.0. The summed E-state index contributed by atoms with van der Waals surface area (Å²) in [4.78, 5) is 21.4. The van der Waals surface area contributed by atoms with Gasteiger partial charge in [-0.3, -0.25) is 9.59 Å². The van der Waals surface area contributed by atoms with Crippen LogP contribution in [0.5, 0.6) is 0 Å². The largest absolute Gasteiger partial charge is 0.481 e. The average molecular weight is 299 g/mol. The first-order valence-electron chi connectivity index (χ1n) is 6.45. The summed E-state index contributed by atoms with van der Waals surface area (Å²) in [6.07, 6.45) is 1.70. The molecule has 5 nitrogen and oxygen atoms in total. The lowest BCUT2D eigenvalue weighted by atomic mass is 10.0. The van der Waals surface area contributed by atoms with Gasteiger partial charge in [0.25, 0.3) is 0 Å². The molecule has 1 aromatic rings. The molecule has 1 rings (SSSR count). The zero-order valence-corrected chi connectivity index (χ0v) is 12.1. The van der Waals surface area contributed by atoms with Crippen molar-refractivity contribution in [3.8, 4) is 0 Å². The molecule has 0 saturated heterocycles. The van der Waals surface area contributed by atoms with Crippen LogP contribution >= 0.6 is 11.6 Å². The molecule has 1 atom stereocenters. The van der Waals surface area contributed by atoms with Gasteiger partial charge < -0.3 is 16.2 Å². The Kier molecular flexibility index (Phi) is 6.31. The van der Waals surface area contributed by atoms with Crippen molar-refractivity contribution in [3.05, 3.63) is 28.8 Å². The van der Waals surface area contributed by atoms with Gasteiger partial charge in [0.05, 0.1) is 10.7 Å². The van der Waals surface area contributed by atoms with E-state index in [1.807, 2.05) is 6.92 Å². The summed E-state index contributed by atoms with van der Waals surface area (Å²) in [7, 11) is 0. The fourth-order valence-corrected chi connectivity index (χ4v) is 2.03. The fraction of sp³-hybridized carbons (Fsp3) is 0.429. The number of halogens is 1. The predicted molar refractivity (Wildman–Crippen MR) is 79.1 cm³/mol. The van der Waals surface area contributed by atoms with E-state index < -0.39 is 11.9 Å². The maximum Gasteiger partial charge on any atom is 0.303 e. The molecule has 0 radical (unpaired) electrons. The second-order valence-electron chi connectivity index (χ2n) is 4.81. The molecule has 4 N–H and O–H groups in total. The number of carboxylic acids is 1. The van der Waals surface area contributed by atoms with Gasteiger partial charge in [0.15, 0.2) is 0 Å². The molecule has 0 aliphatic heterocycles. The predicted octanol–water partition coefficient (Wildman–Crippen LogP) is 2.74. The number of hydrogen-bond donors (Lipinski definition) is 3. The molecule has 0 fully saturated rings. The Balaban J connectivity index is 2.42. The molecule has 0 bridgehead atoms. The van der Waals surface area contributed by atoms with Gasteiger partial charge in [-0.25, -0.2) is 0 Å². The Morgan fingerprint density at radius 1 is 1.40 bits per heavy atom. The quantitative estimate of drug-likeness (QED) is 0.688. The van der Waals surface area contributed by atoms with Crippen molar-refractivity contribution in [3.63, 3.8) is 0 Å². The van der Waals surface area contributed by atoms with Crippen molar-refractivity contribution in [2.24, 2.45) is 11.7 Å². The standard InChI is InChI=1S/C14H19ClN2O3/c1-9(2-5-13(18)19)6-7-17-12-4-3-10(14(16)20)8-11(12)15/h3-4,8-9,17H,2,5-7H2,1H3,(H2,16,20)(H,18,19). The van der Waals surface area contributed by atoms with Gasteiger partial charge in [0.1, 0.15) is 0 Å². The van der Waals surface area contributed by atoms with Crippen LogP contribution < -0.4 is 11.1 Å². The smallest absolute Gasteiger partial charge is 0.303 e. The first-order chi connectivity index (χ1) is 9.40. The number of nitrogens with one attached hydrogen (secondary N) is 1. The summed E-state index contributed by atoms with van der Waals surface area (Å²) < 4.78 is 0. The highest BCUT2D eigenvalue weighted by Gasteiger charge is 2.07. The topological polar surface area (TPSA) is 92.4 Å². The second kappa shape index (κ2) is 7.75. The van der Waals surface area contributed by atoms with E-state index in [9.17, 15) is 9.59 Å². The number of carbonyl (C=O) groups excluding carboxylic acids is 1. The highest BCUT2D eigenvalue weighted by molar-refractivity contribution is 6.33. The highest BCUT2D eigenvalue weighted by atomic mass is 35.5. The van der Waals surface area contributed by atoms with Crippen molar-refractivity contribution < 1.29 is 14.7 Å². The monoisotopic (exact) mass is 298 g/mol. The van der Waals surface area contributed by atoms with Crippen LogP contribution in [0.4, 0.5) is 5.69 Å². The third kappa shape index (κ3) is 5.48. The van der Waals surface area contributed by atoms with E-state index in [1.54, 1.807) is 12.1 Å². The van der Waals surface area contributed by atoms with E-state index in [-0.39, 0.29) is 6.42 Å². The van der Waals surface area contributed by atoms with Crippen LogP contribution in [-0.4, -0.2) is 23.5 Å². The van der Waals surface area contributed by atoms with Crippen molar-refractivity contribution >= 4 is 29.2 Å². The van der Waals surface area contributed by atoms with Crippen LogP contribution in [0.15, 0.2) is 18.2 Å². The molecule has 110 valence electrons. The number of carbonyl (C=O) groups is 2. The lowest BCUT2D eigenvalue weighted by Gasteiger charge is -2.13. The number of anilines is 1. The van der Waals surface area contributed by atoms with Crippen LogP contribution in [0.25, 0.3) is 0 Å². The summed E-state index contributed by atoms with van der Waals surface area (Å²) >= 11 is 6.04. The number of rotatable bonds is 8. The molecule has 6 heteroatoms. The maximum atomic E-state index is 11.0. The van der Waals surface area contributed by atoms with Gasteiger partial charge in [-0.2, -0.15) is 0 Å². The molecule has 0 aliphatic carbocycles. The first-order valence-corrected chi connectivity index (χ1v) is 6.83. The minimum atomic E-state index is -0.769. The van der Waals surface area contributed by atoms with Gasteiger partial charge >= 0.3 is 5.97 Å². The molecule has 1 unspecified atom stereocenters. The Morgan fingerprint density at radius 2 is 2.10 bits per heavy atom. The van der Waals surface area contributed by atoms with Gasteiger partial charge in [-0.15, -0.1) is 0 Å². The zero-order valence-electron chi connectivity index (χ0n) is 11.4. The number of primary amides is 1. The number of nitrogens with two attached hydrogens (primary N) is 1. The van der Waals surface area contributed by atoms with E-state index in [0.717, 1.165) is 12.1 Å². The van der Waals surface area contributed by atoms with Crippen LogP contribution in [0, 0.1) is 5.92 Å². The first kappa shape index (κ1) is 16.3. The SMILES string of the molecule is CC(CCNc1ccc(C(N)=O)cc1Cl)CCC(=O)O. The molecule has 0 aliphatic rings. The molecule has 0 spiro atoms. The van der Waals surface area contributed by atoms with Gasteiger partial charge in [0.2, 0.25) is 5.91 Å². The number of amides is 1. The minimum Gasteiger partial charge on any atom is -0.481 e. The van der Waals surface area contributed by atoms with Crippen molar-refractivity contribution in [2.75, 3.05) is 11.9 Å². The minimum absolute atomic E-state index is 0.190. The lowest BCUT2D eigenvalue weighted by molar-refractivity contribution is -0.137. The molecule has 0 heterocycles. The van der Waals surface area contributed by atoms with Crippen LogP contribution in [0.3, 0.4) is 0 Å². The summed E-state index contributed by atoms with van der Waals surface area (Å²) in [6, 6.07) is 4.86. The Bertz CT molecular complexity index is 491. The van der Waals surface area contributed by atoms with Gasteiger partial charge in [-0.05, 0) is 37.0 Å². The van der Waals surface area contributed by atoms with E-state index in [2.05, 4.69) is 5.32 Å². The summed E-state index contributed by atoms with van der Waals surface area (Å²) in [5, 5.41) is 12.2. The van der Waals surface area contributed by atoms with E-state index in [4.69, 9.17) is 22.4 Å². The van der Waals surface area contributed by atoms with Crippen LogP contribution in [-0.2, 0) is 4.79 Å². The van der Waals surface area contributed by atoms with Crippen molar-refractivity contribution in [2.45, 2.75) is 26.2 Å². The molecule has 0 aromatic heterocycles. The zero-order chi connectivity index (χ0) is 15.1. The lowest BCUT2D eigenvalue weighted by Crippen LogP contribution is -2.12. The summed E-state index contributed by atoms with van der Waals surface area (Å²) in [5.74, 6) is -0.960. The molecular weight excluding hydrogens is 280 g/mol. The second-order valence-corrected chi connectivity index (χ2v) is 5.22. The number of hydrogen-bond acceptors (Lipinski definition) is 3. The van der Waals surface area contributed by atoms with Gasteiger partial charge in [0, 0.05) is 18.5 Å².